The minimum atomic E-state index is -0.698. The predicted octanol–water partition coefficient (Wildman–Crippen LogP) is 4.92. The van der Waals surface area contributed by atoms with Gasteiger partial charge in [0.25, 0.3) is 0 Å². The maximum atomic E-state index is 11.3. The van der Waals surface area contributed by atoms with E-state index in [0.29, 0.717) is 0 Å². The van der Waals surface area contributed by atoms with Crippen LogP contribution in [0.1, 0.15) is 43.5 Å². The zero-order valence-electron chi connectivity index (χ0n) is 11.8. The summed E-state index contributed by atoms with van der Waals surface area (Å²) in [4.78, 5) is 15.9. The lowest BCUT2D eigenvalue weighted by atomic mass is 9.70. The van der Waals surface area contributed by atoms with Gasteiger partial charge in [0.1, 0.15) is 0 Å². The van der Waals surface area contributed by atoms with E-state index in [0.717, 1.165) is 52.4 Å². The van der Waals surface area contributed by atoms with Crippen LogP contribution in [0.4, 0.5) is 0 Å². The molecule has 3 nitrogen and oxygen atoms in total. The molecule has 112 valence electrons. The van der Waals surface area contributed by atoms with E-state index in [9.17, 15) is 9.90 Å². The van der Waals surface area contributed by atoms with Crippen LogP contribution in [-0.2, 0) is 11.2 Å². The molecule has 1 aromatic carbocycles. The lowest BCUT2D eigenvalue weighted by molar-refractivity contribution is -0.140. The topological polar surface area (TPSA) is 50.2 Å². The first-order valence-corrected chi connectivity index (χ1v) is 8.53. The number of benzene rings is 1. The molecule has 1 fully saturated rings. The fourth-order valence-corrected chi connectivity index (χ4v) is 4.82. The van der Waals surface area contributed by atoms with E-state index in [1.807, 2.05) is 18.2 Å². The molecule has 21 heavy (non-hydrogen) atoms. The highest BCUT2D eigenvalue weighted by Crippen LogP contribution is 2.43. The number of carbonyl (C=O) groups is 1. The van der Waals surface area contributed by atoms with Crippen LogP contribution in [0.15, 0.2) is 18.2 Å². The number of carboxylic acids is 1. The molecule has 0 amide bonds. The number of nitrogens with zero attached hydrogens (tertiary/aromatic N) is 1. The van der Waals surface area contributed by atoms with Crippen molar-refractivity contribution in [3.8, 4) is 0 Å². The molecule has 0 saturated heterocycles. The number of aliphatic carboxylic acids is 1. The Hall–Kier alpha value is -1.13. The van der Waals surface area contributed by atoms with Gasteiger partial charge in [0.15, 0.2) is 0 Å². The van der Waals surface area contributed by atoms with Crippen molar-refractivity contribution in [1.29, 1.82) is 0 Å². The second kappa shape index (κ2) is 5.93. The zero-order chi connectivity index (χ0) is 14.9. The van der Waals surface area contributed by atoms with Crippen molar-refractivity contribution < 1.29 is 9.90 Å². The SMILES string of the molecule is O=C(O)CC1(Cc2nc3cccc(Cl)c3s2)CCCCC1. The van der Waals surface area contributed by atoms with E-state index in [4.69, 9.17) is 11.6 Å². The van der Waals surface area contributed by atoms with Gasteiger partial charge >= 0.3 is 5.97 Å². The summed E-state index contributed by atoms with van der Waals surface area (Å²) in [5, 5.41) is 11.0. The molecule has 1 N–H and O–H groups in total. The van der Waals surface area contributed by atoms with E-state index in [1.54, 1.807) is 11.3 Å². The Bertz CT molecular complexity index is 661. The number of halogens is 1. The fraction of sp³-hybridized carbons (Fsp3) is 0.500. The first kappa shape index (κ1) is 14.8. The number of thiazole rings is 1. The molecule has 1 heterocycles. The van der Waals surface area contributed by atoms with Crippen molar-refractivity contribution in [2.45, 2.75) is 44.9 Å². The van der Waals surface area contributed by atoms with Crippen LogP contribution in [0.5, 0.6) is 0 Å². The van der Waals surface area contributed by atoms with Crippen molar-refractivity contribution in [3.05, 3.63) is 28.2 Å². The van der Waals surface area contributed by atoms with E-state index >= 15 is 0 Å². The average molecular weight is 324 g/mol. The van der Waals surface area contributed by atoms with Crippen LogP contribution in [0, 0.1) is 5.41 Å². The quantitative estimate of drug-likeness (QED) is 0.869. The van der Waals surface area contributed by atoms with Crippen molar-refractivity contribution in [2.24, 2.45) is 5.41 Å². The lowest BCUT2D eigenvalue weighted by Crippen LogP contribution is -2.29. The van der Waals surface area contributed by atoms with Gasteiger partial charge in [-0.3, -0.25) is 4.79 Å². The number of rotatable bonds is 4. The van der Waals surface area contributed by atoms with E-state index in [1.165, 1.54) is 6.42 Å². The van der Waals surface area contributed by atoms with E-state index < -0.39 is 5.97 Å². The first-order chi connectivity index (χ1) is 10.1. The van der Waals surface area contributed by atoms with Crippen LogP contribution in [0.3, 0.4) is 0 Å². The second-order valence-corrected chi connectivity index (χ2v) is 7.49. The fourth-order valence-electron chi connectivity index (χ4n) is 3.40. The third-order valence-corrected chi connectivity index (χ3v) is 5.91. The molecule has 5 heteroatoms. The lowest BCUT2D eigenvalue weighted by Gasteiger charge is -2.35. The largest absolute Gasteiger partial charge is 0.481 e. The smallest absolute Gasteiger partial charge is 0.303 e. The predicted molar refractivity (Wildman–Crippen MR) is 86.1 cm³/mol. The van der Waals surface area contributed by atoms with Gasteiger partial charge in [-0.1, -0.05) is 36.9 Å². The molecule has 1 aliphatic carbocycles. The summed E-state index contributed by atoms with van der Waals surface area (Å²) in [6.45, 7) is 0. The minimum Gasteiger partial charge on any atom is -0.481 e. The normalized spacial score (nSPS) is 18.0. The van der Waals surface area contributed by atoms with Gasteiger partial charge in [0.2, 0.25) is 0 Å². The van der Waals surface area contributed by atoms with Crippen molar-refractivity contribution in [1.82, 2.24) is 4.98 Å². The maximum Gasteiger partial charge on any atom is 0.303 e. The minimum absolute atomic E-state index is 0.121. The monoisotopic (exact) mass is 323 g/mol. The van der Waals surface area contributed by atoms with E-state index in [2.05, 4.69) is 4.98 Å². The van der Waals surface area contributed by atoms with Gasteiger partial charge < -0.3 is 5.11 Å². The Morgan fingerprint density at radius 2 is 2.10 bits per heavy atom. The number of aromatic nitrogens is 1. The maximum absolute atomic E-state index is 11.3. The van der Waals surface area contributed by atoms with Crippen LogP contribution in [0.25, 0.3) is 10.2 Å². The van der Waals surface area contributed by atoms with Crippen LogP contribution >= 0.6 is 22.9 Å². The standard InChI is InChI=1S/C16H18ClNO2S/c17-11-5-4-6-12-15(11)21-13(18-12)9-16(10-14(19)20)7-2-1-3-8-16/h4-6H,1-3,7-10H2,(H,19,20). The molecule has 1 aliphatic rings. The van der Waals surface area contributed by atoms with Gasteiger partial charge in [-0.2, -0.15) is 0 Å². The van der Waals surface area contributed by atoms with Crippen molar-refractivity contribution >= 4 is 39.1 Å². The molecule has 0 aliphatic heterocycles. The zero-order valence-corrected chi connectivity index (χ0v) is 13.3. The Kier molecular flexibility index (Phi) is 4.18. The summed E-state index contributed by atoms with van der Waals surface area (Å²) in [6, 6.07) is 5.74. The molecule has 1 saturated carbocycles. The van der Waals surface area contributed by atoms with Gasteiger partial charge in [-0.15, -0.1) is 11.3 Å². The molecule has 0 atom stereocenters. The summed E-state index contributed by atoms with van der Waals surface area (Å²) in [5.41, 5.74) is 0.800. The second-order valence-electron chi connectivity index (χ2n) is 6.00. The summed E-state index contributed by atoms with van der Waals surface area (Å²) in [7, 11) is 0. The number of carboxylic acid groups (broad SMARTS) is 1. The van der Waals surface area contributed by atoms with Crippen LogP contribution in [-0.4, -0.2) is 16.1 Å². The summed E-state index contributed by atoms with van der Waals surface area (Å²) in [5.74, 6) is -0.698. The number of hydrogen-bond acceptors (Lipinski definition) is 3. The van der Waals surface area contributed by atoms with Gasteiger partial charge in [-0.05, 0) is 30.4 Å². The molecule has 0 spiro atoms. The van der Waals surface area contributed by atoms with Gasteiger partial charge in [0.05, 0.1) is 26.7 Å². The molecule has 1 aromatic heterocycles. The molecular formula is C16H18ClNO2S. The molecule has 0 unspecified atom stereocenters. The van der Waals surface area contributed by atoms with Crippen LogP contribution < -0.4 is 0 Å². The summed E-state index contributed by atoms with van der Waals surface area (Å²) in [6.07, 6.45) is 6.45. The Morgan fingerprint density at radius 3 is 2.76 bits per heavy atom. The van der Waals surface area contributed by atoms with Gasteiger partial charge in [0, 0.05) is 6.42 Å². The molecule has 0 radical (unpaired) electrons. The van der Waals surface area contributed by atoms with Gasteiger partial charge in [-0.25, -0.2) is 4.98 Å². The number of fused-ring (bicyclic) bond motifs is 1. The van der Waals surface area contributed by atoms with Crippen molar-refractivity contribution in [3.63, 3.8) is 0 Å². The third kappa shape index (κ3) is 3.22. The summed E-state index contributed by atoms with van der Waals surface area (Å²) < 4.78 is 1.01. The third-order valence-electron chi connectivity index (χ3n) is 4.38. The highest BCUT2D eigenvalue weighted by molar-refractivity contribution is 7.19. The molecule has 0 bridgehead atoms. The average Bonchev–Trinajstić information content (AvgIpc) is 2.82. The van der Waals surface area contributed by atoms with Crippen molar-refractivity contribution in [2.75, 3.05) is 0 Å². The Morgan fingerprint density at radius 1 is 1.33 bits per heavy atom. The Labute approximate surface area is 133 Å². The Balaban J connectivity index is 1.90. The molecule has 3 rings (SSSR count). The first-order valence-electron chi connectivity index (χ1n) is 7.34. The number of hydrogen-bond donors (Lipinski definition) is 1. The van der Waals surface area contributed by atoms with E-state index in [-0.39, 0.29) is 11.8 Å². The van der Waals surface area contributed by atoms with Crippen LogP contribution in [0.2, 0.25) is 5.02 Å². The highest BCUT2D eigenvalue weighted by Gasteiger charge is 2.35. The summed E-state index contributed by atoms with van der Waals surface area (Å²) >= 11 is 7.82. The highest BCUT2D eigenvalue weighted by atomic mass is 35.5. The molecular weight excluding hydrogens is 306 g/mol. The molecule has 2 aromatic rings.